The minimum Gasteiger partial charge on any atom is -0.378 e. The second-order valence-electron chi connectivity index (χ2n) is 6.39. The Bertz CT molecular complexity index is 461. The van der Waals surface area contributed by atoms with Gasteiger partial charge in [0.25, 0.3) is 5.91 Å². The van der Waals surface area contributed by atoms with E-state index in [2.05, 4.69) is 5.32 Å². The fraction of sp³-hybridized carbons (Fsp3) is 0.588. The number of nitrogens with one attached hydrogen (secondary N) is 1. The van der Waals surface area contributed by atoms with E-state index in [1.807, 2.05) is 43.3 Å². The molecule has 1 amide bonds. The molecule has 4 heteroatoms. The number of hydrogen-bond acceptors (Lipinski definition) is 3. The Balaban J connectivity index is 1.94. The van der Waals surface area contributed by atoms with Crippen molar-refractivity contribution in [3.8, 4) is 0 Å². The summed E-state index contributed by atoms with van der Waals surface area (Å²) < 4.78 is 0. The second kappa shape index (κ2) is 6.94. The van der Waals surface area contributed by atoms with Crippen LogP contribution in [0.1, 0.15) is 42.5 Å². The Hall–Kier alpha value is -1.55. The molecule has 1 aliphatic rings. The molecule has 0 unspecified atom stereocenters. The predicted molar refractivity (Wildman–Crippen MR) is 87.7 cm³/mol. The molecular weight excluding hydrogens is 262 g/mol. The number of hydrogen-bond donors (Lipinski definition) is 2. The Morgan fingerprint density at radius 2 is 1.81 bits per heavy atom. The molecule has 0 heterocycles. The molecule has 0 spiro atoms. The fourth-order valence-electron chi connectivity index (χ4n) is 3.04. The van der Waals surface area contributed by atoms with Crippen molar-refractivity contribution in [3.05, 3.63) is 29.8 Å². The van der Waals surface area contributed by atoms with Crippen LogP contribution in [0.4, 0.5) is 5.69 Å². The van der Waals surface area contributed by atoms with Crippen LogP contribution >= 0.6 is 0 Å². The van der Waals surface area contributed by atoms with Crippen molar-refractivity contribution in [1.29, 1.82) is 0 Å². The molecule has 116 valence electrons. The minimum atomic E-state index is -0.00120. The Morgan fingerprint density at radius 1 is 1.19 bits per heavy atom. The van der Waals surface area contributed by atoms with Crippen LogP contribution in [0.2, 0.25) is 0 Å². The summed E-state index contributed by atoms with van der Waals surface area (Å²) in [6.45, 7) is 1.35. The molecule has 1 saturated carbocycles. The number of amides is 1. The first kappa shape index (κ1) is 15.8. The molecule has 3 N–H and O–H groups in total. The maximum atomic E-state index is 12.3. The molecule has 1 fully saturated rings. The van der Waals surface area contributed by atoms with Gasteiger partial charge in [0.15, 0.2) is 0 Å². The first-order valence-corrected chi connectivity index (χ1v) is 7.82. The fourth-order valence-corrected chi connectivity index (χ4v) is 3.04. The van der Waals surface area contributed by atoms with E-state index in [9.17, 15) is 4.79 Å². The SMILES string of the molecule is CN(C)c1ccc(C(=O)NCC2(CN)CCCCC2)cc1. The quantitative estimate of drug-likeness (QED) is 0.875. The van der Waals surface area contributed by atoms with Gasteiger partial charge in [-0.1, -0.05) is 19.3 Å². The summed E-state index contributed by atoms with van der Waals surface area (Å²) >= 11 is 0. The zero-order chi connectivity index (χ0) is 15.3. The first-order chi connectivity index (χ1) is 10.1. The van der Waals surface area contributed by atoms with E-state index in [1.165, 1.54) is 19.3 Å². The lowest BCUT2D eigenvalue weighted by atomic mass is 9.74. The average Bonchev–Trinajstić information content (AvgIpc) is 2.53. The van der Waals surface area contributed by atoms with E-state index in [1.54, 1.807) is 0 Å². The first-order valence-electron chi connectivity index (χ1n) is 7.82. The molecule has 0 aromatic heterocycles. The lowest BCUT2D eigenvalue weighted by Gasteiger charge is -2.36. The van der Waals surface area contributed by atoms with Crippen molar-refractivity contribution in [1.82, 2.24) is 5.32 Å². The highest BCUT2D eigenvalue weighted by atomic mass is 16.1. The molecule has 0 bridgehead atoms. The van der Waals surface area contributed by atoms with Crippen molar-refractivity contribution in [2.24, 2.45) is 11.1 Å². The van der Waals surface area contributed by atoms with Crippen LogP contribution in [0.15, 0.2) is 24.3 Å². The molecule has 0 atom stereocenters. The van der Waals surface area contributed by atoms with Gasteiger partial charge in [0.05, 0.1) is 0 Å². The van der Waals surface area contributed by atoms with E-state index in [0.717, 1.165) is 18.5 Å². The minimum absolute atomic E-state index is 0.00120. The lowest BCUT2D eigenvalue weighted by molar-refractivity contribution is 0.0914. The summed E-state index contributed by atoms with van der Waals surface area (Å²) in [4.78, 5) is 14.3. The summed E-state index contributed by atoms with van der Waals surface area (Å²) in [6.07, 6.45) is 6.00. The maximum absolute atomic E-state index is 12.3. The second-order valence-corrected chi connectivity index (χ2v) is 6.39. The summed E-state index contributed by atoms with van der Waals surface area (Å²) in [5.41, 5.74) is 7.87. The van der Waals surface area contributed by atoms with Crippen LogP contribution in [0.3, 0.4) is 0 Å². The van der Waals surface area contributed by atoms with Crippen molar-refractivity contribution in [2.45, 2.75) is 32.1 Å². The van der Waals surface area contributed by atoms with Gasteiger partial charge in [-0.05, 0) is 49.1 Å². The summed E-state index contributed by atoms with van der Waals surface area (Å²) in [5, 5.41) is 3.08. The van der Waals surface area contributed by atoms with Gasteiger partial charge in [0.1, 0.15) is 0 Å². The highest BCUT2D eigenvalue weighted by molar-refractivity contribution is 5.94. The molecule has 21 heavy (non-hydrogen) atoms. The van der Waals surface area contributed by atoms with Crippen molar-refractivity contribution < 1.29 is 4.79 Å². The number of carbonyl (C=O) groups is 1. The maximum Gasteiger partial charge on any atom is 0.251 e. The van der Waals surface area contributed by atoms with Crippen LogP contribution in [0, 0.1) is 5.41 Å². The van der Waals surface area contributed by atoms with E-state index < -0.39 is 0 Å². The third-order valence-electron chi connectivity index (χ3n) is 4.62. The molecule has 2 rings (SSSR count). The summed E-state index contributed by atoms with van der Waals surface area (Å²) in [5.74, 6) is -0.00120. The molecule has 1 aromatic carbocycles. The number of nitrogens with two attached hydrogens (primary N) is 1. The van der Waals surface area contributed by atoms with E-state index in [0.29, 0.717) is 18.7 Å². The zero-order valence-corrected chi connectivity index (χ0v) is 13.2. The Kier molecular flexibility index (Phi) is 5.23. The van der Waals surface area contributed by atoms with Gasteiger partial charge < -0.3 is 16.0 Å². The molecule has 0 radical (unpaired) electrons. The Labute approximate surface area is 127 Å². The van der Waals surface area contributed by atoms with Gasteiger partial charge >= 0.3 is 0 Å². The standard InChI is InChI=1S/C17H27N3O/c1-20(2)15-8-6-14(7-9-15)16(21)19-13-17(12-18)10-4-3-5-11-17/h6-9H,3-5,10-13,18H2,1-2H3,(H,19,21). The zero-order valence-electron chi connectivity index (χ0n) is 13.2. The third-order valence-corrected chi connectivity index (χ3v) is 4.62. The van der Waals surface area contributed by atoms with Crippen molar-refractivity contribution in [2.75, 3.05) is 32.1 Å². The largest absolute Gasteiger partial charge is 0.378 e. The van der Waals surface area contributed by atoms with Gasteiger partial charge in [-0.3, -0.25) is 4.79 Å². The number of rotatable bonds is 5. The predicted octanol–water partition coefficient (Wildman–Crippen LogP) is 2.39. The lowest BCUT2D eigenvalue weighted by Crippen LogP contribution is -2.43. The van der Waals surface area contributed by atoms with Gasteiger partial charge in [-0.15, -0.1) is 0 Å². The van der Waals surface area contributed by atoms with E-state index in [-0.39, 0.29) is 11.3 Å². The molecule has 1 aliphatic carbocycles. The van der Waals surface area contributed by atoms with E-state index >= 15 is 0 Å². The summed E-state index contributed by atoms with van der Waals surface area (Å²) in [7, 11) is 3.98. The molecule has 4 nitrogen and oxygen atoms in total. The van der Waals surface area contributed by atoms with Gasteiger partial charge in [0.2, 0.25) is 0 Å². The van der Waals surface area contributed by atoms with Crippen molar-refractivity contribution >= 4 is 11.6 Å². The topological polar surface area (TPSA) is 58.4 Å². The monoisotopic (exact) mass is 289 g/mol. The average molecular weight is 289 g/mol. The molecular formula is C17H27N3O. The molecule has 1 aromatic rings. The number of anilines is 1. The highest BCUT2D eigenvalue weighted by Crippen LogP contribution is 2.34. The Morgan fingerprint density at radius 3 is 2.33 bits per heavy atom. The smallest absolute Gasteiger partial charge is 0.251 e. The highest BCUT2D eigenvalue weighted by Gasteiger charge is 2.30. The molecule has 0 saturated heterocycles. The number of benzene rings is 1. The van der Waals surface area contributed by atoms with Gasteiger partial charge in [-0.25, -0.2) is 0 Å². The number of carbonyl (C=O) groups excluding carboxylic acids is 1. The normalized spacial score (nSPS) is 17.3. The third kappa shape index (κ3) is 3.97. The van der Waals surface area contributed by atoms with Crippen molar-refractivity contribution in [3.63, 3.8) is 0 Å². The number of nitrogens with zero attached hydrogens (tertiary/aromatic N) is 1. The van der Waals surface area contributed by atoms with E-state index in [4.69, 9.17) is 5.73 Å². The van der Waals surface area contributed by atoms with Crippen LogP contribution in [-0.2, 0) is 0 Å². The summed E-state index contributed by atoms with van der Waals surface area (Å²) in [6, 6.07) is 7.68. The van der Waals surface area contributed by atoms with Crippen LogP contribution < -0.4 is 16.0 Å². The van der Waals surface area contributed by atoms with Gasteiger partial charge in [-0.2, -0.15) is 0 Å². The molecule has 0 aliphatic heterocycles. The van der Waals surface area contributed by atoms with Crippen LogP contribution in [0.25, 0.3) is 0 Å². The van der Waals surface area contributed by atoms with Gasteiger partial charge in [0, 0.05) is 31.9 Å². The van der Waals surface area contributed by atoms with Crippen LogP contribution in [0.5, 0.6) is 0 Å². The van der Waals surface area contributed by atoms with Crippen LogP contribution in [-0.4, -0.2) is 33.1 Å².